The van der Waals surface area contributed by atoms with Gasteiger partial charge >= 0.3 is 11.7 Å². The maximum Gasteiger partial charge on any atom is 0.327 e. The van der Waals surface area contributed by atoms with E-state index in [9.17, 15) is 14.4 Å². The lowest BCUT2D eigenvalue weighted by Crippen LogP contribution is -2.25. The zero-order valence-corrected chi connectivity index (χ0v) is 16.8. The third-order valence-corrected chi connectivity index (χ3v) is 4.50. The SMILES string of the molecule is COc1ccc(OC)c(CNCc2c(COC(C)=O)cnc3[nH]c(=O)[nH]c(=O)c23)c1. The highest BCUT2D eigenvalue weighted by molar-refractivity contribution is 5.78. The van der Waals surface area contributed by atoms with Crippen molar-refractivity contribution in [3.63, 3.8) is 0 Å². The van der Waals surface area contributed by atoms with E-state index in [0.717, 1.165) is 5.56 Å². The molecule has 0 saturated carbocycles. The van der Waals surface area contributed by atoms with Crippen LogP contribution in [0, 0.1) is 0 Å². The fourth-order valence-corrected chi connectivity index (χ4v) is 3.08. The molecule has 2 heterocycles. The van der Waals surface area contributed by atoms with Gasteiger partial charge in [0.1, 0.15) is 23.8 Å². The van der Waals surface area contributed by atoms with Crippen molar-refractivity contribution in [3.05, 3.63) is 61.9 Å². The maximum atomic E-state index is 12.4. The van der Waals surface area contributed by atoms with Gasteiger partial charge in [0.05, 0.1) is 19.6 Å². The van der Waals surface area contributed by atoms with Gasteiger partial charge in [0.15, 0.2) is 0 Å². The minimum absolute atomic E-state index is 0.0453. The minimum atomic E-state index is -0.646. The first kappa shape index (κ1) is 21.1. The van der Waals surface area contributed by atoms with Gasteiger partial charge in [-0.1, -0.05) is 0 Å². The quantitative estimate of drug-likeness (QED) is 0.464. The van der Waals surface area contributed by atoms with Crippen LogP contribution in [-0.4, -0.2) is 35.1 Å². The van der Waals surface area contributed by atoms with Crippen molar-refractivity contribution < 1.29 is 19.0 Å². The van der Waals surface area contributed by atoms with Crippen molar-refractivity contribution in [2.45, 2.75) is 26.6 Å². The number of benzene rings is 1. The van der Waals surface area contributed by atoms with Crippen LogP contribution in [0.2, 0.25) is 0 Å². The Morgan fingerprint density at radius 3 is 2.60 bits per heavy atom. The monoisotopic (exact) mass is 414 g/mol. The molecular weight excluding hydrogens is 392 g/mol. The van der Waals surface area contributed by atoms with E-state index >= 15 is 0 Å². The standard InChI is InChI=1S/C20H22N4O6/c1-11(25)30-10-13-8-22-18-17(19(26)24-20(27)23-18)15(13)9-21-7-12-6-14(28-2)4-5-16(12)29-3/h4-6,8,21H,7,9-10H2,1-3H3,(H2,22,23,24,26,27). The number of hydrogen-bond acceptors (Lipinski definition) is 8. The Hall–Kier alpha value is -3.66. The molecule has 0 aliphatic heterocycles. The minimum Gasteiger partial charge on any atom is -0.497 e. The summed E-state index contributed by atoms with van der Waals surface area (Å²) in [7, 11) is 3.16. The lowest BCUT2D eigenvalue weighted by atomic mass is 10.1. The second kappa shape index (κ2) is 9.23. The van der Waals surface area contributed by atoms with Crippen LogP contribution in [0.25, 0.3) is 11.0 Å². The summed E-state index contributed by atoms with van der Waals surface area (Å²) in [5.41, 5.74) is 0.931. The summed E-state index contributed by atoms with van der Waals surface area (Å²) in [6, 6.07) is 5.45. The normalized spacial score (nSPS) is 10.8. The van der Waals surface area contributed by atoms with Gasteiger partial charge in [-0.25, -0.2) is 9.78 Å². The lowest BCUT2D eigenvalue weighted by molar-refractivity contribution is -0.142. The molecule has 0 atom stereocenters. The number of ether oxygens (including phenoxy) is 3. The Morgan fingerprint density at radius 1 is 1.10 bits per heavy atom. The Kier molecular flexibility index (Phi) is 6.48. The maximum absolute atomic E-state index is 12.4. The summed E-state index contributed by atoms with van der Waals surface area (Å²) < 4.78 is 15.7. The molecule has 1 aromatic carbocycles. The predicted octanol–water partition coefficient (Wildman–Crippen LogP) is 0.982. The Bertz CT molecular complexity index is 1180. The number of carbonyl (C=O) groups is 1. The molecule has 0 saturated heterocycles. The molecule has 3 rings (SSSR count). The average Bonchev–Trinajstić information content (AvgIpc) is 2.72. The van der Waals surface area contributed by atoms with Crippen molar-refractivity contribution in [1.29, 1.82) is 0 Å². The zero-order chi connectivity index (χ0) is 21.7. The third-order valence-electron chi connectivity index (χ3n) is 4.50. The molecule has 0 unspecified atom stereocenters. The molecule has 30 heavy (non-hydrogen) atoms. The zero-order valence-electron chi connectivity index (χ0n) is 16.8. The first-order valence-corrected chi connectivity index (χ1v) is 9.11. The van der Waals surface area contributed by atoms with E-state index in [1.54, 1.807) is 26.4 Å². The lowest BCUT2D eigenvalue weighted by Gasteiger charge is -2.14. The van der Waals surface area contributed by atoms with Crippen molar-refractivity contribution in [2.75, 3.05) is 14.2 Å². The summed E-state index contributed by atoms with van der Waals surface area (Å²) >= 11 is 0. The van der Waals surface area contributed by atoms with Crippen LogP contribution in [-0.2, 0) is 29.2 Å². The highest BCUT2D eigenvalue weighted by atomic mass is 16.5. The summed E-state index contributed by atoms with van der Waals surface area (Å²) in [5, 5.41) is 3.48. The molecule has 0 amide bonds. The van der Waals surface area contributed by atoms with E-state index in [2.05, 4.69) is 20.3 Å². The highest BCUT2D eigenvalue weighted by Crippen LogP contribution is 2.24. The van der Waals surface area contributed by atoms with E-state index in [4.69, 9.17) is 14.2 Å². The topological polar surface area (TPSA) is 135 Å². The van der Waals surface area contributed by atoms with Crippen molar-refractivity contribution in [1.82, 2.24) is 20.3 Å². The van der Waals surface area contributed by atoms with Crippen LogP contribution in [0.5, 0.6) is 11.5 Å². The van der Waals surface area contributed by atoms with Gasteiger partial charge in [-0.05, 0) is 23.8 Å². The molecule has 0 aliphatic carbocycles. The molecule has 0 bridgehead atoms. The Balaban J connectivity index is 1.94. The fourth-order valence-electron chi connectivity index (χ4n) is 3.08. The molecule has 10 nitrogen and oxygen atoms in total. The molecule has 0 fully saturated rings. The summed E-state index contributed by atoms with van der Waals surface area (Å²) in [6.45, 7) is 1.92. The second-order valence-electron chi connectivity index (χ2n) is 6.46. The Morgan fingerprint density at radius 2 is 1.90 bits per heavy atom. The van der Waals surface area contributed by atoms with Crippen LogP contribution in [0.1, 0.15) is 23.6 Å². The van der Waals surface area contributed by atoms with Crippen LogP contribution >= 0.6 is 0 Å². The largest absolute Gasteiger partial charge is 0.497 e. The van der Waals surface area contributed by atoms with E-state index in [1.807, 2.05) is 6.07 Å². The number of hydrogen-bond donors (Lipinski definition) is 3. The second-order valence-corrected chi connectivity index (χ2v) is 6.46. The fraction of sp³-hybridized carbons (Fsp3) is 0.300. The van der Waals surface area contributed by atoms with E-state index in [0.29, 0.717) is 29.2 Å². The summed E-state index contributed by atoms with van der Waals surface area (Å²) in [4.78, 5) is 44.1. The smallest absolute Gasteiger partial charge is 0.327 e. The van der Waals surface area contributed by atoms with Crippen LogP contribution < -0.4 is 26.0 Å². The van der Waals surface area contributed by atoms with Gasteiger partial charge in [0.2, 0.25) is 0 Å². The number of rotatable bonds is 8. The first-order chi connectivity index (χ1) is 14.4. The number of aromatic nitrogens is 3. The van der Waals surface area contributed by atoms with Gasteiger partial charge in [-0.2, -0.15) is 0 Å². The van der Waals surface area contributed by atoms with Crippen molar-refractivity contribution in [2.24, 2.45) is 0 Å². The molecule has 0 radical (unpaired) electrons. The molecule has 3 N–H and O–H groups in total. The Labute approximate surface area is 171 Å². The number of H-pyrrole nitrogens is 2. The molecule has 0 aliphatic rings. The summed E-state index contributed by atoms with van der Waals surface area (Å²) in [5.74, 6) is 0.919. The molecular formula is C20H22N4O6. The molecule has 158 valence electrons. The highest BCUT2D eigenvalue weighted by Gasteiger charge is 2.15. The van der Waals surface area contributed by atoms with Crippen molar-refractivity contribution >= 4 is 17.0 Å². The summed E-state index contributed by atoms with van der Waals surface area (Å²) in [6.07, 6.45) is 1.48. The molecule has 2 aromatic heterocycles. The number of nitrogens with zero attached hydrogens (tertiary/aromatic N) is 1. The number of aromatic amines is 2. The van der Waals surface area contributed by atoms with E-state index in [1.165, 1.54) is 13.1 Å². The number of nitrogens with one attached hydrogen (secondary N) is 3. The number of esters is 1. The van der Waals surface area contributed by atoms with Gasteiger partial charge < -0.3 is 19.5 Å². The number of carbonyl (C=O) groups excluding carboxylic acids is 1. The molecule has 0 spiro atoms. The number of methoxy groups -OCH3 is 2. The van der Waals surface area contributed by atoms with Crippen molar-refractivity contribution in [3.8, 4) is 11.5 Å². The molecule has 10 heteroatoms. The molecule has 3 aromatic rings. The van der Waals surface area contributed by atoms with Gasteiger partial charge in [0.25, 0.3) is 5.56 Å². The average molecular weight is 414 g/mol. The van der Waals surface area contributed by atoms with Gasteiger partial charge in [0, 0.05) is 37.3 Å². The third kappa shape index (κ3) is 4.66. The first-order valence-electron chi connectivity index (χ1n) is 9.11. The van der Waals surface area contributed by atoms with Gasteiger partial charge in [-0.15, -0.1) is 0 Å². The van der Waals surface area contributed by atoms with Crippen LogP contribution in [0.3, 0.4) is 0 Å². The van der Waals surface area contributed by atoms with Crippen LogP contribution in [0.4, 0.5) is 0 Å². The van der Waals surface area contributed by atoms with Crippen LogP contribution in [0.15, 0.2) is 34.0 Å². The van der Waals surface area contributed by atoms with E-state index < -0.39 is 17.2 Å². The number of pyridine rings is 1. The number of fused-ring (bicyclic) bond motifs is 1. The van der Waals surface area contributed by atoms with Gasteiger partial charge in [-0.3, -0.25) is 19.6 Å². The van der Waals surface area contributed by atoms with E-state index in [-0.39, 0.29) is 24.2 Å². The predicted molar refractivity (Wildman–Crippen MR) is 109 cm³/mol.